The molecule has 4 aromatic rings. The zero-order valence-corrected chi connectivity index (χ0v) is 42.3. The number of nitriles is 1. The molecule has 1 aliphatic carbocycles. The van der Waals surface area contributed by atoms with Gasteiger partial charge in [0, 0.05) is 53.6 Å². The van der Waals surface area contributed by atoms with Crippen molar-refractivity contribution in [2.24, 2.45) is 16.2 Å². The van der Waals surface area contributed by atoms with E-state index in [0.29, 0.717) is 54.3 Å². The van der Waals surface area contributed by atoms with Crippen molar-refractivity contribution in [2.45, 2.75) is 131 Å². The molecule has 4 amide bonds. The van der Waals surface area contributed by atoms with Gasteiger partial charge in [-0.1, -0.05) is 103 Å². The second kappa shape index (κ2) is 22.1. The Morgan fingerprint density at radius 1 is 0.971 bits per heavy atom. The summed E-state index contributed by atoms with van der Waals surface area (Å²) in [6, 6.07) is 20.6. The zero-order valence-electron chi connectivity index (χ0n) is 40.8. The molecule has 2 fully saturated rings. The van der Waals surface area contributed by atoms with Gasteiger partial charge in [0.05, 0.1) is 32.7 Å². The second-order valence-electron chi connectivity index (χ2n) is 20.2. The van der Waals surface area contributed by atoms with Gasteiger partial charge in [-0.05, 0) is 92.5 Å². The maximum atomic E-state index is 14.0. The SMILES string of the molecule is Cc1ncsc1-c1ccc([C@H](C)NC(=O)[C@@H]2CCCN2C(=O)[C@@H](NC(=O)COCCCCCC#Cc2ccc(C(=O)N[C@H]3C(C)(C)[C@H](Oc4ccc(C#N)c(Cl)c4)C3(C)C)cc2)C(C)(C)C)cc1. The molecule has 6 rings (SSSR count). The highest BCUT2D eigenvalue weighted by Crippen LogP contribution is 2.55. The third kappa shape index (κ3) is 12.3. The number of aromatic nitrogens is 1. The molecule has 0 spiro atoms. The molecule has 1 saturated carbocycles. The van der Waals surface area contributed by atoms with E-state index in [1.165, 1.54) is 0 Å². The molecule has 2 heterocycles. The van der Waals surface area contributed by atoms with Crippen molar-refractivity contribution in [1.29, 1.82) is 5.26 Å². The minimum atomic E-state index is -0.830. The number of carbonyl (C=O) groups excluding carboxylic acids is 4. The number of rotatable bonds is 17. The van der Waals surface area contributed by atoms with Crippen LogP contribution >= 0.6 is 22.9 Å². The van der Waals surface area contributed by atoms with Gasteiger partial charge < -0.3 is 30.3 Å². The van der Waals surface area contributed by atoms with E-state index >= 15 is 0 Å². The normalized spacial score (nSPS) is 19.0. The summed E-state index contributed by atoms with van der Waals surface area (Å²) in [6.45, 7) is 18.6. The summed E-state index contributed by atoms with van der Waals surface area (Å²) in [5.74, 6) is 5.97. The number of amides is 4. The summed E-state index contributed by atoms with van der Waals surface area (Å²) in [5.41, 5.74) is 5.28. The van der Waals surface area contributed by atoms with Crippen LogP contribution in [0.4, 0.5) is 0 Å². The molecule has 0 unspecified atom stereocenters. The van der Waals surface area contributed by atoms with Crippen LogP contribution in [0.5, 0.6) is 5.75 Å². The first kappa shape index (κ1) is 51.7. The Morgan fingerprint density at radius 2 is 1.68 bits per heavy atom. The van der Waals surface area contributed by atoms with E-state index in [4.69, 9.17) is 21.1 Å². The molecule has 360 valence electrons. The number of unbranched alkanes of at least 4 members (excludes halogenated alkanes) is 3. The van der Waals surface area contributed by atoms with Crippen LogP contribution in [0.3, 0.4) is 0 Å². The predicted molar refractivity (Wildman–Crippen MR) is 267 cm³/mol. The molecule has 1 aliphatic heterocycles. The van der Waals surface area contributed by atoms with Crippen molar-refractivity contribution >= 4 is 46.6 Å². The summed E-state index contributed by atoms with van der Waals surface area (Å²) in [5, 5.41) is 18.8. The number of hydrogen-bond acceptors (Lipinski definition) is 9. The minimum absolute atomic E-state index is 0.152. The van der Waals surface area contributed by atoms with Crippen molar-refractivity contribution in [3.05, 3.63) is 105 Å². The van der Waals surface area contributed by atoms with Crippen molar-refractivity contribution < 1.29 is 28.7 Å². The molecule has 3 N–H and O–H groups in total. The lowest BCUT2D eigenvalue weighted by molar-refractivity contribution is -0.164. The lowest BCUT2D eigenvalue weighted by atomic mass is 9.49. The maximum Gasteiger partial charge on any atom is 0.251 e. The molecule has 1 aromatic heterocycles. The Morgan fingerprint density at radius 3 is 2.31 bits per heavy atom. The summed E-state index contributed by atoms with van der Waals surface area (Å²) >= 11 is 7.84. The molecule has 12 nitrogen and oxygen atoms in total. The first-order valence-electron chi connectivity index (χ1n) is 23.5. The van der Waals surface area contributed by atoms with Gasteiger partial charge in [0.1, 0.15) is 36.6 Å². The van der Waals surface area contributed by atoms with Crippen LogP contribution in [-0.2, 0) is 19.1 Å². The van der Waals surface area contributed by atoms with Gasteiger partial charge in [0.25, 0.3) is 5.91 Å². The fourth-order valence-corrected chi connectivity index (χ4v) is 10.7. The number of thiazole rings is 1. The predicted octanol–water partition coefficient (Wildman–Crippen LogP) is 9.58. The minimum Gasteiger partial charge on any atom is -0.489 e. The third-order valence-electron chi connectivity index (χ3n) is 13.2. The first-order valence-corrected chi connectivity index (χ1v) is 24.7. The standard InChI is InChI=1S/C54H65ClN6O6S/c1-34(37-22-24-38(25-23-37)45-35(2)57-33-68-45)58-48(64)43-17-15-28-61(43)49(65)46(52(3,4)5)59-44(62)32-66-29-14-12-10-11-13-16-36-18-20-39(21-19-36)47(63)60-50-53(6,7)51(54(50,8)9)67-41-27-26-40(31-56)42(55)30-41/h18-27,30,33-34,43,46,50-51H,10-12,14-15,17,28-29,32H2,1-9H3,(H,58,64)(H,59,62)(H,60,63)/t34-,43-,46+,50-,51-/m0/s1. The Kier molecular flexibility index (Phi) is 16.8. The number of likely N-dealkylation sites (tertiary alicyclic amines) is 1. The molecule has 14 heteroatoms. The lowest BCUT2D eigenvalue weighted by Crippen LogP contribution is -2.74. The summed E-state index contributed by atoms with van der Waals surface area (Å²) in [4.78, 5) is 61.1. The number of nitrogens with one attached hydrogen (secondary N) is 3. The highest BCUT2D eigenvalue weighted by atomic mass is 35.5. The van der Waals surface area contributed by atoms with Gasteiger partial charge in [-0.2, -0.15) is 5.26 Å². The lowest BCUT2D eigenvalue weighted by Gasteiger charge is -2.63. The van der Waals surface area contributed by atoms with E-state index in [9.17, 15) is 24.4 Å². The Balaban J connectivity index is 0.882. The maximum absolute atomic E-state index is 14.0. The topological polar surface area (TPSA) is 163 Å². The Hall–Kier alpha value is -5.73. The van der Waals surface area contributed by atoms with Crippen LogP contribution in [0.25, 0.3) is 10.4 Å². The molecular weight excluding hydrogens is 896 g/mol. The third-order valence-corrected chi connectivity index (χ3v) is 14.5. The number of hydrogen-bond donors (Lipinski definition) is 3. The van der Waals surface area contributed by atoms with Gasteiger partial charge in [-0.25, -0.2) is 4.98 Å². The summed E-state index contributed by atoms with van der Waals surface area (Å²) < 4.78 is 12.1. The van der Waals surface area contributed by atoms with Gasteiger partial charge in [-0.3, -0.25) is 19.2 Å². The van der Waals surface area contributed by atoms with Crippen LogP contribution in [0.2, 0.25) is 5.02 Å². The van der Waals surface area contributed by atoms with Gasteiger partial charge >= 0.3 is 0 Å². The number of aryl methyl sites for hydroxylation is 1. The second-order valence-corrected chi connectivity index (χ2v) is 21.5. The van der Waals surface area contributed by atoms with Crippen LogP contribution in [0.1, 0.15) is 133 Å². The Bertz CT molecular complexity index is 2530. The van der Waals surface area contributed by atoms with E-state index in [1.54, 1.807) is 46.6 Å². The average molecular weight is 962 g/mol. The van der Waals surface area contributed by atoms with E-state index < -0.39 is 17.5 Å². The van der Waals surface area contributed by atoms with Crippen LogP contribution in [0.15, 0.2) is 72.2 Å². The molecule has 3 atom stereocenters. The van der Waals surface area contributed by atoms with E-state index in [-0.39, 0.29) is 59.3 Å². The molecule has 0 bridgehead atoms. The molecule has 2 aliphatic rings. The van der Waals surface area contributed by atoms with Crippen LogP contribution in [0, 0.1) is 46.3 Å². The summed E-state index contributed by atoms with van der Waals surface area (Å²) in [7, 11) is 0. The molecule has 3 aromatic carbocycles. The molecule has 0 radical (unpaired) electrons. The molecule has 1 saturated heterocycles. The highest BCUT2D eigenvalue weighted by molar-refractivity contribution is 7.13. The number of halogens is 1. The number of carbonyl (C=O) groups is 4. The average Bonchev–Trinajstić information content (AvgIpc) is 3.98. The van der Waals surface area contributed by atoms with E-state index in [1.807, 2.05) is 76.5 Å². The highest BCUT2D eigenvalue weighted by Gasteiger charge is 2.64. The zero-order chi connectivity index (χ0) is 49.4. The largest absolute Gasteiger partial charge is 0.489 e. The van der Waals surface area contributed by atoms with Gasteiger partial charge in [-0.15, -0.1) is 11.3 Å². The van der Waals surface area contributed by atoms with Gasteiger partial charge in [0.2, 0.25) is 17.7 Å². The van der Waals surface area contributed by atoms with Crippen LogP contribution < -0.4 is 20.7 Å². The monoisotopic (exact) mass is 960 g/mol. The number of nitrogens with zero attached hydrogens (tertiary/aromatic N) is 3. The fraction of sp³-hybridized carbons (Fsp3) is 0.481. The van der Waals surface area contributed by atoms with Crippen LogP contribution in [-0.4, -0.2) is 77.5 Å². The smallest absolute Gasteiger partial charge is 0.251 e. The molecular formula is C54H65ClN6O6S. The van der Waals surface area contributed by atoms with Crippen molar-refractivity contribution in [3.8, 4) is 34.1 Å². The van der Waals surface area contributed by atoms with Crippen molar-refractivity contribution in [3.63, 3.8) is 0 Å². The Labute approximate surface area is 410 Å². The molecule has 68 heavy (non-hydrogen) atoms. The van der Waals surface area contributed by atoms with E-state index in [2.05, 4.69) is 66.5 Å². The fourth-order valence-electron chi connectivity index (χ4n) is 9.65. The van der Waals surface area contributed by atoms with Crippen molar-refractivity contribution in [2.75, 3.05) is 19.8 Å². The number of ether oxygens (including phenoxy) is 2. The number of benzene rings is 3. The van der Waals surface area contributed by atoms with Crippen molar-refractivity contribution in [1.82, 2.24) is 25.8 Å². The van der Waals surface area contributed by atoms with Gasteiger partial charge in [0.15, 0.2) is 0 Å². The summed E-state index contributed by atoms with van der Waals surface area (Å²) in [6.07, 6.45) is 4.23. The van der Waals surface area contributed by atoms with E-state index in [0.717, 1.165) is 46.5 Å². The first-order chi connectivity index (χ1) is 32.2. The quantitative estimate of drug-likeness (QED) is 0.0696.